The second kappa shape index (κ2) is 10.6. The van der Waals surface area contributed by atoms with E-state index < -0.39 is 0 Å². The standard InChI is InChI=1S/C18H25NO3/c1-3-4-13-22-17(20)12-8-9-15(2)18(21)19-14-16-10-6-5-7-11-16/h5-7,9-11H,3-4,8,12-14H2,1-2H3,(H,19,21)/b15-9-. The highest BCUT2D eigenvalue weighted by molar-refractivity contribution is 5.92. The molecule has 4 heteroatoms. The Balaban J connectivity index is 2.26. The highest BCUT2D eigenvalue weighted by Crippen LogP contribution is 2.03. The minimum Gasteiger partial charge on any atom is -0.466 e. The summed E-state index contributed by atoms with van der Waals surface area (Å²) in [6, 6.07) is 9.75. The molecule has 0 aliphatic rings. The van der Waals surface area contributed by atoms with E-state index in [1.807, 2.05) is 37.3 Å². The van der Waals surface area contributed by atoms with Gasteiger partial charge in [0.2, 0.25) is 5.91 Å². The number of hydrogen-bond donors (Lipinski definition) is 1. The Morgan fingerprint density at radius 1 is 1.23 bits per heavy atom. The van der Waals surface area contributed by atoms with E-state index in [4.69, 9.17) is 4.74 Å². The molecule has 0 aromatic heterocycles. The van der Waals surface area contributed by atoms with Crippen molar-refractivity contribution in [3.05, 3.63) is 47.5 Å². The Bertz CT molecular complexity index is 494. The lowest BCUT2D eigenvalue weighted by atomic mass is 10.2. The van der Waals surface area contributed by atoms with Crippen LogP contribution >= 0.6 is 0 Å². The molecule has 1 N–H and O–H groups in total. The predicted molar refractivity (Wildman–Crippen MR) is 87.1 cm³/mol. The minimum atomic E-state index is -0.206. The third-order valence-electron chi connectivity index (χ3n) is 3.21. The molecule has 22 heavy (non-hydrogen) atoms. The van der Waals surface area contributed by atoms with Gasteiger partial charge in [-0.15, -0.1) is 0 Å². The first-order valence-corrected chi connectivity index (χ1v) is 7.78. The van der Waals surface area contributed by atoms with Crippen LogP contribution in [0.2, 0.25) is 0 Å². The van der Waals surface area contributed by atoms with Gasteiger partial charge in [0.1, 0.15) is 0 Å². The van der Waals surface area contributed by atoms with Gasteiger partial charge in [0.15, 0.2) is 0 Å². The van der Waals surface area contributed by atoms with Gasteiger partial charge in [0.05, 0.1) is 6.61 Å². The van der Waals surface area contributed by atoms with Crippen LogP contribution in [0.3, 0.4) is 0 Å². The second-order valence-electron chi connectivity index (χ2n) is 5.17. The molecule has 0 heterocycles. The number of ether oxygens (including phenoxy) is 1. The monoisotopic (exact) mass is 303 g/mol. The van der Waals surface area contributed by atoms with Gasteiger partial charge in [-0.3, -0.25) is 9.59 Å². The van der Waals surface area contributed by atoms with Crippen LogP contribution in [0.25, 0.3) is 0 Å². The Morgan fingerprint density at radius 3 is 2.64 bits per heavy atom. The topological polar surface area (TPSA) is 55.4 Å². The number of hydrogen-bond acceptors (Lipinski definition) is 3. The van der Waals surface area contributed by atoms with Crippen molar-refractivity contribution >= 4 is 11.9 Å². The number of rotatable bonds is 9. The molecular weight excluding hydrogens is 278 g/mol. The van der Waals surface area contributed by atoms with Crippen LogP contribution in [0.15, 0.2) is 42.0 Å². The smallest absolute Gasteiger partial charge is 0.306 e. The molecule has 4 nitrogen and oxygen atoms in total. The summed E-state index contributed by atoms with van der Waals surface area (Å²) in [6.45, 7) is 4.79. The van der Waals surface area contributed by atoms with E-state index in [-0.39, 0.29) is 11.9 Å². The molecule has 0 saturated heterocycles. The Hall–Kier alpha value is -2.10. The zero-order valence-electron chi connectivity index (χ0n) is 13.4. The second-order valence-corrected chi connectivity index (χ2v) is 5.17. The summed E-state index contributed by atoms with van der Waals surface area (Å²) in [4.78, 5) is 23.3. The summed E-state index contributed by atoms with van der Waals surface area (Å²) in [5, 5.41) is 2.86. The van der Waals surface area contributed by atoms with Crippen molar-refractivity contribution in [2.24, 2.45) is 0 Å². The van der Waals surface area contributed by atoms with Crippen molar-refractivity contribution in [3.8, 4) is 0 Å². The fraction of sp³-hybridized carbons (Fsp3) is 0.444. The maximum atomic E-state index is 11.9. The van der Waals surface area contributed by atoms with Crippen molar-refractivity contribution in [2.75, 3.05) is 6.61 Å². The number of esters is 1. The van der Waals surface area contributed by atoms with Gasteiger partial charge >= 0.3 is 5.97 Å². The Kier molecular flexibility index (Phi) is 8.65. The molecule has 0 atom stereocenters. The first-order chi connectivity index (χ1) is 10.6. The summed E-state index contributed by atoms with van der Waals surface area (Å²) in [6.07, 6.45) is 4.51. The fourth-order valence-electron chi connectivity index (χ4n) is 1.82. The quantitative estimate of drug-likeness (QED) is 0.432. The largest absolute Gasteiger partial charge is 0.466 e. The first kappa shape index (κ1) is 18.0. The number of nitrogens with one attached hydrogen (secondary N) is 1. The molecule has 0 fully saturated rings. The van der Waals surface area contributed by atoms with Gasteiger partial charge in [0, 0.05) is 18.5 Å². The Labute approximate surface area is 132 Å². The van der Waals surface area contributed by atoms with E-state index in [0.29, 0.717) is 31.6 Å². The highest BCUT2D eigenvalue weighted by atomic mass is 16.5. The van der Waals surface area contributed by atoms with Crippen molar-refractivity contribution in [1.82, 2.24) is 5.32 Å². The average Bonchev–Trinajstić information content (AvgIpc) is 2.53. The van der Waals surface area contributed by atoms with E-state index in [9.17, 15) is 9.59 Å². The molecule has 0 aliphatic carbocycles. The molecule has 0 radical (unpaired) electrons. The highest BCUT2D eigenvalue weighted by Gasteiger charge is 2.05. The van der Waals surface area contributed by atoms with Gasteiger partial charge in [-0.1, -0.05) is 49.8 Å². The summed E-state index contributed by atoms with van der Waals surface area (Å²) < 4.78 is 5.06. The van der Waals surface area contributed by atoms with Crippen LogP contribution in [0.4, 0.5) is 0 Å². The summed E-state index contributed by atoms with van der Waals surface area (Å²) in [5.74, 6) is -0.314. The first-order valence-electron chi connectivity index (χ1n) is 7.78. The van der Waals surface area contributed by atoms with Crippen molar-refractivity contribution in [3.63, 3.8) is 0 Å². The molecule has 0 spiro atoms. The van der Waals surface area contributed by atoms with E-state index in [0.717, 1.165) is 18.4 Å². The van der Waals surface area contributed by atoms with E-state index in [1.54, 1.807) is 13.0 Å². The minimum absolute atomic E-state index is 0.108. The van der Waals surface area contributed by atoms with Crippen LogP contribution in [-0.4, -0.2) is 18.5 Å². The number of carbonyl (C=O) groups is 2. The SMILES string of the molecule is CCCCOC(=O)CC/C=C(/C)C(=O)NCc1ccccc1. The molecule has 1 aromatic carbocycles. The lowest BCUT2D eigenvalue weighted by Crippen LogP contribution is -2.23. The number of benzene rings is 1. The zero-order valence-corrected chi connectivity index (χ0v) is 13.4. The van der Waals surface area contributed by atoms with Crippen LogP contribution in [0, 0.1) is 0 Å². The van der Waals surface area contributed by atoms with Crippen LogP contribution in [-0.2, 0) is 20.9 Å². The van der Waals surface area contributed by atoms with Crippen molar-refractivity contribution < 1.29 is 14.3 Å². The summed E-state index contributed by atoms with van der Waals surface area (Å²) >= 11 is 0. The molecule has 120 valence electrons. The number of allylic oxidation sites excluding steroid dienone is 1. The third-order valence-corrected chi connectivity index (χ3v) is 3.21. The van der Waals surface area contributed by atoms with Gasteiger partial charge in [0.25, 0.3) is 0 Å². The predicted octanol–water partition coefficient (Wildman–Crippen LogP) is 3.37. The molecule has 1 aromatic rings. The van der Waals surface area contributed by atoms with E-state index in [1.165, 1.54) is 0 Å². The molecular formula is C18H25NO3. The number of amides is 1. The van der Waals surface area contributed by atoms with Crippen LogP contribution < -0.4 is 5.32 Å². The maximum absolute atomic E-state index is 11.9. The van der Waals surface area contributed by atoms with Crippen molar-refractivity contribution in [2.45, 2.75) is 46.1 Å². The number of carbonyl (C=O) groups excluding carboxylic acids is 2. The molecule has 0 saturated carbocycles. The fourth-order valence-corrected chi connectivity index (χ4v) is 1.82. The van der Waals surface area contributed by atoms with Gasteiger partial charge in [-0.05, 0) is 25.3 Å². The zero-order chi connectivity index (χ0) is 16.2. The molecule has 1 amide bonds. The molecule has 0 bridgehead atoms. The molecule has 0 aliphatic heterocycles. The number of unbranched alkanes of at least 4 members (excludes halogenated alkanes) is 1. The van der Waals surface area contributed by atoms with Gasteiger partial charge in [-0.25, -0.2) is 0 Å². The summed E-state index contributed by atoms with van der Waals surface area (Å²) in [5.41, 5.74) is 1.68. The average molecular weight is 303 g/mol. The van der Waals surface area contributed by atoms with Gasteiger partial charge < -0.3 is 10.1 Å². The normalized spacial score (nSPS) is 11.1. The molecule has 1 rings (SSSR count). The third kappa shape index (κ3) is 7.62. The Morgan fingerprint density at radius 2 is 1.95 bits per heavy atom. The van der Waals surface area contributed by atoms with Gasteiger partial charge in [-0.2, -0.15) is 0 Å². The summed E-state index contributed by atoms with van der Waals surface area (Å²) in [7, 11) is 0. The van der Waals surface area contributed by atoms with E-state index >= 15 is 0 Å². The van der Waals surface area contributed by atoms with Crippen molar-refractivity contribution in [1.29, 1.82) is 0 Å². The lowest BCUT2D eigenvalue weighted by molar-refractivity contribution is -0.143. The maximum Gasteiger partial charge on any atom is 0.306 e. The van der Waals surface area contributed by atoms with E-state index in [2.05, 4.69) is 5.32 Å². The lowest BCUT2D eigenvalue weighted by Gasteiger charge is -2.06. The molecule has 0 unspecified atom stereocenters. The van der Waals surface area contributed by atoms with Crippen LogP contribution in [0.5, 0.6) is 0 Å². The van der Waals surface area contributed by atoms with Crippen LogP contribution in [0.1, 0.15) is 45.1 Å².